The van der Waals surface area contributed by atoms with Crippen LogP contribution in [-0.2, 0) is 67.7 Å². The Morgan fingerprint density at radius 3 is 0.645 bits per heavy atom. The van der Waals surface area contributed by atoms with Gasteiger partial charge in [0.2, 0.25) is 0 Å². The molecule has 176 valence electrons. The molecule has 0 aliphatic heterocycles. The van der Waals surface area contributed by atoms with Gasteiger partial charge in [-0.25, -0.2) is 9.59 Å². The van der Waals surface area contributed by atoms with E-state index in [0.29, 0.717) is 0 Å². The van der Waals surface area contributed by atoms with Crippen molar-refractivity contribution in [1.29, 1.82) is 0 Å². The predicted octanol–water partition coefficient (Wildman–Crippen LogP) is -4.98. The molecule has 0 aromatic heterocycles. The Morgan fingerprint density at radius 2 is 0.581 bits per heavy atom. The van der Waals surface area contributed by atoms with Crippen molar-refractivity contribution in [1.82, 2.24) is 0 Å². The summed E-state index contributed by atoms with van der Waals surface area (Å²) >= 11 is 0. The fourth-order valence-corrected chi connectivity index (χ4v) is 1.43. The minimum Gasteiger partial charge on any atom is -0.481 e. The second kappa shape index (κ2) is 19.8. The molecule has 14 N–H and O–H groups in total. The Balaban J connectivity index is -0.0000000640. The number of carboxylic acids is 6. The summed E-state index contributed by atoms with van der Waals surface area (Å²) in [5.74, 6) is -10.0. The third-order valence-corrected chi connectivity index (χ3v) is 2.57. The van der Waals surface area contributed by atoms with Gasteiger partial charge in [0.15, 0.2) is 11.2 Å². The summed E-state index contributed by atoms with van der Waals surface area (Å²) in [5.41, 5.74) is -5.48. The summed E-state index contributed by atoms with van der Waals surface area (Å²) in [6.45, 7) is 0. The maximum Gasteiger partial charge on any atom is 0.336 e. The van der Waals surface area contributed by atoms with Gasteiger partial charge < -0.3 is 57.3 Å². The molecule has 0 heterocycles. The van der Waals surface area contributed by atoms with Crippen LogP contribution in [0.1, 0.15) is 25.7 Å². The quantitative estimate of drug-likeness (QED) is 0.114. The molecule has 0 unspecified atom stereocenters. The fraction of sp³-hybridized carbons (Fsp3) is 0.500. The molecule has 0 saturated heterocycles. The molecule has 0 aromatic rings. The minimum atomic E-state index is -2.74. The Hall–Kier alpha value is -2.13. The first-order chi connectivity index (χ1) is 11.6. The molecule has 0 aromatic carbocycles. The van der Waals surface area contributed by atoms with E-state index in [-0.39, 0.29) is 55.4 Å². The number of rotatable bonds is 10. The molecule has 0 aliphatic rings. The standard InChI is InChI=1S/2C6H8O7.3H2O.2Zn/c2*7-3(8)1-6(13,5(11)12)2-4(9)10;;;;;/h2*13H,1-2H2,(H,7,8)(H,9,10)(H,11,12);3*1H2;;. The number of aliphatic hydroxyl groups is 2. The molecule has 0 amide bonds. The van der Waals surface area contributed by atoms with Crippen LogP contribution in [0.2, 0.25) is 0 Å². The van der Waals surface area contributed by atoms with E-state index in [0.717, 1.165) is 0 Å². The molecule has 0 fully saturated rings. The first kappa shape index (κ1) is 46.9. The number of carbonyl (C=O) groups is 6. The molecule has 0 spiro atoms. The third-order valence-electron chi connectivity index (χ3n) is 2.57. The topological polar surface area (TPSA) is 359 Å². The summed E-state index contributed by atoms with van der Waals surface area (Å²) in [7, 11) is 0. The van der Waals surface area contributed by atoms with Crippen LogP contribution in [0.4, 0.5) is 0 Å². The van der Waals surface area contributed by atoms with Crippen molar-refractivity contribution in [2.45, 2.75) is 36.9 Å². The normalized spacial score (nSPS) is 9.10. The second-order valence-corrected chi connectivity index (χ2v) is 4.96. The molecular weight excluding hydrogens is 547 g/mol. The molecule has 0 aliphatic carbocycles. The molecule has 0 radical (unpaired) electrons. The summed E-state index contributed by atoms with van der Waals surface area (Å²) in [5, 5.41) is 67.6. The zero-order valence-corrected chi connectivity index (χ0v) is 21.7. The largest absolute Gasteiger partial charge is 0.481 e. The van der Waals surface area contributed by atoms with Crippen LogP contribution in [0.3, 0.4) is 0 Å². The Labute approximate surface area is 197 Å². The van der Waals surface area contributed by atoms with Gasteiger partial charge in [-0.1, -0.05) is 0 Å². The molecule has 17 nitrogen and oxygen atoms in total. The number of carboxylic acid groups (broad SMARTS) is 6. The van der Waals surface area contributed by atoms with Crippen LogP contribution in [0, 0.1) is 0 Å². The van der Waals surface area contributed by atoms with Gasteiger partial charge in [-0.05, 0) is 0 Å². The van der Waals surface area contributed by atoms with Crippen molar-refractivity contribution in [3.63, 3.8) is 0 Å². The first-order valence-corrected chi connectivity index (χ1v) is 6.34. The zero-order chi connectivity index (χ0) is 21.3. The molecule has 0 rings (SSSR count). The molecule has 0 saturated carbocycles. The average molecular weight is 569 g/mol. The van der Waals surface area contributed by atoms with Crippen molar-refractivity contribution in [2.24, 2.45) is 0 Å². The van der Waals surface area contributed by atoms with E-state index in [1.807, 2.05) is 0 Å². The van der Waals surface area contributed by atoms with Crippen LogP contribution >= 0.6 is 0 Å². The van der Waals surface area contributed by atoms with Crippen LogP contribution in [0.15, 0.2) is 0 Å². The average Bonchev–Trinajstić information content (AvgIpc) is 2.34. The Morgan fingerprint density at radius 1 is 0.452 bits per heavy atom. The second-order valence-electron chi connectivity index (χ2n) is 4.96. The molecule has 0 bridgehead atoms. The van der Waals surface area contributed by atoms with Crippen LogP contribution in [0.5, 0.6) is 0 Å². The van der Waals surface area contributed by atoms with E-state index in [1.165, 1.54) is 0 Å². The SMILES string of the molecule is O.O.O.O=C(O)CC(O)(CC(=O)O)C(=O)O.O=C(O)CC(O)(CC(=O)O)C(=O)O.[Zn].[Zn]. The number of hydrogen-bond acceptors (Lipinski definition) is 8. The van der Waals surface area contributed by atoms with Gasteiger partial charge in [0.25, 0.3) is 0 Å². The summed E-state index contributed by atoms with van der Waals surface area (Å²) in [6, 6.07) is 0. The zero-order valence-electron chi connectivity index (χ0n) is 15.8. The van der Waals surface area contributed by atoms with Crippen molar-refractivity contribution < 1.29 is 125 Å². The maximum absolute atomic E-state index is 10.3. The molecular formula is C12H22O17Zn2. The summed E-state index contributed by atoms with van der Waals surface area (Å²) in [6.07, 6.45) is -4.58. The first-order valence-electron chi connectivity index (χ1n) is 6.34. The van der Waals surface area contributed by atoms with Crippen molar-refractivity contribution in [3.8, 4) is 0 Å². The number of hydrogen-bond donors (Lipinski definition) is 8. The predicted molar refractivity (Wildman–Crippen MR) is 85.0 cm³/mol. The summed E-state index contributed by atoms with van der Waals surface area (Å²) in [4.78, 5) is 61.0. The van der Waals surface area contributed by atoms with Crippen LogP contribution in [-0.4, -0.2) is 104 Å². The Kier molecular flexibility index (Phi) is 30.0. The van der Waals surface area contributed by atoms with E-state index >= 15 is 0 Å². The van der Waals surface area contributed by atoms with Crippen molar-refractivity contribution in [3.05, 3.63) is 0 Å². The van der Waals surface area contributed by atoms with Crippen molar-refractivity contribution >= 4 is 35.8 Å². The van der Waals surface area contributed by atoms with E-state index in [1.54, 1.807) is 0 Å². The smallest absolute Gasteiger partial charge is 0.336 e. The van der Waals surface area contributed by atoms with Crippen molar-refractivity contribution in [2.75, 3.05) is 0 Å². The maximum atomic E-state index is 10.3. The van der Waals surface area contributed by atoms with Gasteiger partial charge in [0.05, 0.1) is 25.7 Å². The van der Waals surface area contributed by atoms with Gasteiger partial charge >= 0.3 is 35.8 Å². The van der Waals surface area contributed by atoms with Gasteiger partial charge in [-0.2, -0.15) is 0 Å². The van der Waals surface area contributed by atoms with Gasteiger partial charge in [-0.15, -0.1) is 0 Å². The monoisotopic (exact) mass is 566 g/mol. The Bertz CT molecular complexity index is 520. The van der Waals surface area contributed by atoms with Crippen LogP contribution < -0.4 is 0 Å². The van der Waals surface area contributed by atoms with E-state index < -0.39 is 72.7 Å². The fourth-order valence-electron chi connectivity index (χ4n) is 1.43. The van der Waals surface area contributed by atoms with Gasteiger partial charge in [0.1, 0.15) is 0 Å². The molecule has 19 heteroatoms. The third kappa shape index (κ3) is 20.9. The van der Waals surface area contributed by atoms with Gasteiger partial charge in [0, 0.05) is 39.0 Å². The number of aliphatic carboxylic acids is 6. The van der Waals surface area contributed by atoms with E-state index in [2.05, 4.69) is 0 Å². The van der Waals surface area contributed by atoms with Gasteiger partial charge in [-0.3, -0.25) is 19.2 Å². The molecule has 0 atom stereocenters. The van der Waals surface area contributed by atoms with Crippen LogP contribution in [0.25, 0.3) is 0 Å². The molecule has 31 heavy (non-hydrogen) atoms. The van der Waals surface area contributed by atoms with E-state index in [4.69, 9.17) is 40.9 Å². The summed E-state index contributed by atoms with van der Waals surface area (Å²) < 4.78 is 0. The minimum absolute atomic E-state index is 0. The van der Waals surface area contributed by atoms with E-state index in [9.17, 15) is 28.8 Å².